The molecule has 1 aliphatic rings. The number of nitrogens with one attached hydrogen (secondary N) is 1. The van der Waals surface area contributed by atoms with Gasteiger partial charge >= 0.3 is 0 Å². The second kappa shape index (κ2) is 10.3. The molecule has 2 amide bonds. The third kappa shape index (κ3) is 5.96. The fourth-order valence-electron chi connectivity index (χ4n) is 3.76. The van der Waals surface area contributed by atoms with Crippen LogP contribution in [0.3, 0.4) is 0 Å². The molecule has 7 heteroatoms. The van der Waals surface area contributed by atoms with Crippen LogP contribution in [-0.4, -0.2) is 54.0 Å². The number of carbonyl (C=O) groups excluding carboxylic acids is 2. The van der Waals surface area contributed by atoms with Gasteiger partial charge in [-0.15, -0.1) is 0 Å². The van der Waals surface area contributed by atoms with Gasteiger partial charge in [0.2, 0.25) is 5.91 Å². The molecule has 1 fully saturated rings. The van der Waals surface area contributed by atoms with Crippen LogP contribution in [0, 0.1) is 6.92 Å². The van der Waals surface area contributed by atoms with E-state index in [-0.39, 0.29) is 24.0 Å². The number of hydrogen-bond acceptors (Lipinski definition) is 5. The van der Waals surface area contributed by atoms with Crippen LogP contribution in [0.5, 0.6) is 11.5 Å². The van der Waals surface area contributed by atoms with Gasteiger partial charge in [0, 0.05) is 57.2 Å². The maximum atomic E-state index is 13.1. The molecule has 0 aliphatic carbocycles. The summed E-state index contributed by atoms with van der Waals surface area (Å²) in [6, 6.07) is 9.09. The zero-order valence-electron chi connectivity index (χ0n) is 18.7. The lowest BCUT2D eigenvalue weighted by Gasteiger charge is -2.32. The van der Waals surface area contributed by atoms with E-state index in [0.29, 0.717) is 36.6 Å². The van der Waals surface area contributed by atoms with Crippen LogP contribution in [0.1, 0.15) is 48.3 Å². The van der Waals surface area contributed by atoms with E-state index in [1.165, 1.54) is 0 Å². The minimum Gasteiger partial charge on any atom is -0.497 e. The van der Waals surface area contributed by atoms with Gasteiger partial charge in [-0.25, -0.2) is 0 Å². The van der Waals surface area contributed by atoms with Crippen LogP contribution in [0.15, 0.2) is 36.5 Å². The summed E-state index contributed by atoms with van der Waals surface area (Å²) in [7, 11) is 1.57. The zero-order chi connectivity index (χ0) is 22.4. The normalized spacial score (nSPS) is 15.3. The molecule has 0 bridgehead atoms. The van der Waals surface area contributed by atoms with E-state index in [2.05, 4.69) is 10.3 Å². The Kier molecular flexibility index (Phi) is 7.50. The Balaban J connectivity index is 1.69. The van der Waals surface area contributed by atoms with Crippen molar-refractivity contribution in [3.05, 3.63) is 53.3 Å². The second-order valence-corrected chi connectivity index (χ2v) is 8.03. The summed E-state index contributed by atoms with van der Waals surface area (Å²) in [6.07, 6.45) is 3.85. The minimum absolute atomic E-state index is 0.0378. The maximum absolute atomic E-state index is 13.1. The van der Waals surface area contributed by atoms with Crippen molar-refractivity contribution in [3.63, 3.8) is 0 Å². The van der Waals surface area contributed by atoms with Crippen molar-refractivity contribution in [2.24, 2.45) is 0 Å². The van der Waals surface area contributed by atoms with E-state index >= 15 is 0 Å². The van der Waals surface area contributed by atoms with Crippen LogP contribution in [-0.2, 0) is 11.2 Å². The number of aryl methyl sites for hydroxylation is 1. The Bertz CT molecular complexity index is 923. The van der Waals surface area contributed by atoms with E-state index in [9.17, 15) is 9.59 Å². The number of likely N-dealkylation sites (tertiary alicyclic amines) is 1. The average Bonchev–Trinajstić information content (AvgIpc) is 2.76. The average molecular weight is 426 g/mol. The quantitative estimate of drug-likeness (QED) is 0.737. The van der Waals surface area contributed by atoms with Crippen molar-refractivity contribution < 1.29 is 19.1 Å². The molecule has 31 heavy (non-hydrogen) atoms. The number of ether oxygens (including phenoxy) is 2. The highest BCUT2D eigenvalue weighted by molar-refractivity contribution is 5.97. The van der Waals surface area contributed by atoms with Crippen LogP contribution in [0.25, 0.3) is 0 Å². The van der Waals surface area contributed by atoms with Crippen LogP contribution >= 0.6 is 0 Å². The van der Waals surface area contributed by atoms with Gasteiger partial charge in [0.25, 0.3) is 5.91 Å². The van der Waals surface area contributed by atoms with Gasteiger partial charge in [-0.1, -0.05) is 6.07 Å². The van der Waals surface area contributed by atoms with Crippen LogP contribution < -0.4 is 14.8 Å². The highest BCUT2D eigenvalue weighted by Crippen LogP contribution is 2.27. The van der Waals surface area contributed by atoms with Crippen LogP contribution in [0.4, 0.5) is 0 Å². The predicted molar refractivity (Wildman–Crippen MR) is 119 cm³/mol. The molecule has 1 aliphatic heterocycles. The number of amides is 2. The minimum atomic E-state index is -0.212. The molecular weight excluding hydrogens is 394 g/mol. The largest absolute Gasteiger partial charge is 0.497 e. The Hall–Kier alpha value is -3.09. The van der Waals surface area contributed by atoms with Crippen molar-refractivity contribution in [1.29, 1.82) is 0 Å². The zero-order valence-corrected chi connectivity index (χ0v) is 18.7. The first-order valence-corrected chi connectivity index (χ1v) is 10.7. The lowest BCUT2D eigenvalue weighted by molar-refractivity contribution is -0.130. The molecule has 0 spiro atoms. The molecule has 1 atom stereocenters. The van der Waals surface area contributed by atoms with Crippen LogP contribution in [0.2, 0.25) is 0 Å². The van der Waals surface area contributed by atoms with Gasteiger partial charge in [-0.05, 0) is 43.7 Å². The van der Waals surface area contributed by atoms with Crippen molar-refractivity contribution in [2.75, 3.05) is 20.2 Å². The van der Waals surface area contributed by atoms with Crippen molar-refractivity contribution in [3.8, 4) is 11.5 Å². The third-order valence-corrected chi connectivity index (χ3v) is 5.61. The first-order valence-electron chi connectivity index (χ1n) is 10.7. The summed E-state index contributed by atoms with van der Waals surface area (Å²) in [5.74, 6) is 0.995. The summed E-state index contributed by atoms with van der Waals surface area (Å²) in [4.78, 5) is 30.9. The molecule has 1 aromatic carbocycles. The first-order chi connectivity index (χ1) is 14.9. The molecule has 7 nitrogen and oxygen atoms in total. The molecule has 166 valence electrons. The summed E-state index contributed by atoms with van der Waals surface area (Å²) in [6.45, 7) is 6.89. The molecule has 0 saturated carbocycles. The fourth-order valence-corrected chi connectivity index (χ4v) is 3.76. The SMILES string of the molecule is COc1ccc(OC2CCN(C(C)=O)CC2)c(C(=O)NC(C)Cc2ncccc2C)c1. The highest BCUT2D eigenvalue weighted by Gasteiger charge is 2.24. The molecule has 2 heterocycles. The molecule has 2 aromatic rings. The molecule has 1 N–H and O–H groups in total. The summed E-state index contributed by atoms with van der Waals surface area (Å²) >= 11 is 0. The number of rotatable bonds is 7. The summed E-state index contributed by atoms with van der Waals surface area (Å²) in [5, 5.41) is 3.06. The monoisotopic (exact) mass is 425 g/mol. The molecule has 3 rings (SSSR count). The first kappa shape index (κ1) is 22.6. The molecule has 0 radical (unpaired) electrons. The van der Waals surface area contributed by atoms with E-state index in [1.54, 1.807) is 38.4 Å². The number of benzene rings is 1. The number of nitrogens with zero attached hydrogens (tertiary/aromatic N) is 2. The Morgan fingerprint density at radius 3 is 2.65 bits per heavy atom. The number of aromatic nitrogens is 1. The second-order valence-electron chi connectivity index (χ2n) is 8.03. The summed E-state index contributed by atoms with van der Waals surface area (Å²) in [5.41, 5.74) is 2.51. The van der Waals surface area contributed by atoms with Crippen molar-refractivity contribution in [2.45, 2.75) is 52.2 Å². The van der Waals surface area contributed by atoms with E-state index in [4.69, 9.17) is 9.47 Å². The number of carbonyl (C=O) groups is 2. The van der Waals surface area contributed by atoms with E-state index in [0.717, 1.165) is 24.1 Å². The number of hydrogen-bond donors (Lipinski definition) is 1. The third-order valence-electron chi connectivity index (χ3n) is 5.61. The van der Waals surface area contributed by atoms with Gasteiger partial charge in [0.15, 0.2) is 0 Å². The predicted octanol–water partition coefficient (Wildman–Crippen LogP) is 3.15. The van der Waals surface area contributed by atoms with Crippen molar-refractivity contribution >= 4 is 11.8 Å². The van der Waals surface area contributed by atoms with E-state index in [1.807, 2.05) is 30.9 Å². The molecule has 1 saturated heterocycles. The van der Waals surface area contributed by atoms with Gasteiger partial charge in [-0.3, -0.25) is 14.6 Å². The van der Waals surface area contributed by atoms with E-state index < -0.39 is 0 Å². The smallest absolute Gasteiger partial charge is 0.255 e. The summed E-state index contributed by atoms with van der Waals surface area (Å²) < 4.78 is 11.5. The molecule has 1 aromatic heterocycles. The lowest BCUT2D eigenvalue weighted by Crippen LogP contribution is -2.41. The Labute approximate surface area is 183 Å². The molecular formula is C24H31N3O4. The number of piperidine rings is 1. The molecule has 1 unspecified atom stereocenters. The number of pyridine rings is 1. The Morgan fingerprint density at radius 2 is 2.00 bits per heavy atom. The topological polar surface area (TPSA) is 80.8 Å². The number of methoxy groups -OCH3 is 1. The van der Waals surface area contributed by atoms with Gasteiger partial charge in [0.05, 0.1) is 12.7 Å². The Morgan fingerprint density at radius 1 is 1.26 bits per heavy atom. The van der Waals surface area contributed by atoms with Gasteiger partial charge in [-0.2, -0.15) is 0 Å². The standard InChI is InChI=1S/C24H31N3O4/c1-16-6-5-11-25-22(16)14-17(2)26-24(29)21-15-20(30-4)7-8-23(21)31-19-9-12-27(13-10-19)18(3)28/h5-8,11,15,17,19H,9-10,12-14H2,1-4H3,(H,26,29). The lowest BCUT2D eigenvalue weighted by atomic mass is 10.1. The maximum Gasteiger partial charge on any atom is 0.255 e. The van der Waals surface area contributed by atoms with Gasteiger partial charge < -0.3 is 19.7 Å². The van der Waals surface area contributed by atoms with Crippen molar-refractivity contribution in [1.82, 2.24) is 15.2 Å². The highest BCUT2D eigenvalue weighted by atomic mass is 16.5. The van der Waals surface area contributed by atoms with Gasteiger partial charge in [0.1, 0.15) is 17.6 Å². The fraction of sp³-hybridized carbons (Fsp3) is 0.458.